The lowest BCUT2D eigenvalue weighted by molar-refractivity contribution is 0.280. The van der Waals surface area contributed by atoms with Crippen LogP contribution in [0.25, 0.3) is 0 Å². The first kappa shape index (κ1) is 8.06. The normalized spacial score (nSPS) is 28.5. The minimum absolute atomic E-state index is 0.368. The summed E-state index contributed by atoms with van der Waals surface area (Å²) in [5, 5.41) is 8.53. The van der Waals surface area contributed by atoms with Crippen LogP contribution in [-0.4, -0.2) is 11.7 Å². The van der Waals surface area contributed by atoms with Crippen LogP contribution in [0.2, 0.25) is 0 Å². The maximum absolute atomic E-state index is 8.53. The highest BCUT2D eigenvalue weighted by atomic mass is 16.2. The number of aliphatic hydroxyl groups excluding tert-OH is 1. The van der Waals surface area contributed by atoms with Gasteiger partial charge in [-0.15, -0.1) is 0 Å². The Labute approximate surface area is 63.4 Å². The molecule has 1 atom stereocenters. The highest BCUT2D eigenvalue weighted by Gasteiger charge is 2.44. The largest absolute Gasteiger partial charge is 0.396 e. The van der Waals surface area contributed by atoms with Crippen molar-refractivity contribution >= 4 is 0 Å². The summed E-state index contributed by atoms with van der Waals surface area (Å²) in [6.45, 7) is 5.03. The van der Waals surface area contributed by atoms with E-state index in [4.69, 9.17) is 5.11 Å². The summed E-state index contributed by atoms with van der Waals surface area (Å²) in [5.74, 6) is 0.957. The van der Waals surface area contributed by atoms with Gasteiger partial charge in [0.05, 0.1) is 0 Å². The molecule has 0 saturated heterocycles. The van der Waals surface area contributed by atoms with Gasteiger partial charge in [0.25, 0.3) is 0 Å². The van der Waals surface area contributed by atoms with Gasteiger partial charge in [0.2, 0.25) is 0 Å². The first-order valence-corrected chi connectivity index (χ1v) is 4.27. The van der Waals surface area contributed by atoms with E-state index in [-0.39, 0.29) is 0 Å². The van der Waals surface area contributed by atoms with E-state index in [0.29, 0.717) is 12.0 Å². The molecule has 1 saturated carbocycles. The molecule has 0 aliphatic heterocycles. The fourth-order valence-corrected chi connectivity index (χ4v) is 1.57. The van der Waals surface area contributed by atoms with Gasteiger partial charge in [-0.1, -0.05) is 20.3 Å². The summed E-state index contributed by atoms with van der Waals surface area (Å²) in [7, 11) is 0. The molecule has 1 fully saturated rings. The van der Waals surface area contributed by atoms with Crippen LogP contribution in [0.15, 0.2) is 0 Å². The molecular formula is C9H18O. The molecule has 1 N–H and O–H groups in total. The van der Waals surface area contributed by atoms with E-state index in [1.54, 1.807) is 0 Å². The average Bonchev–Trinajstić information content (AvgIpc) is 2.41. The van der Waals surface area contributed by atoms with Crippen molar-refractivity contribution in [3.63, 3.8) is 0 Å². The third-order valence-corrected chi connectivity index (χ3v) is 2.68. The summed E-state index contributed by atoms with van der Waals surface area (Å²) in [6, 6.07) is 0. The van der Waals surface area contributed by atoms with E-state index < -0.39 is 0 Å². The Morgan fingerprint density at radius 2 is 2.00 bits per heavy atom. The number of hydrogen-bond donors (Lipinski definition) is 1. The van der Waals surface area contributed by atoms with Crippen molar-refractivity contribution < 1.29 is 5.11 Å². The van der Waals surface area contributed by atoms with Crippen molar-refractivity contribution in [2.45, 2.75) is 39.5 Å². The zero-order chi connectivity index (χ0) is 7.61. The molecule has 1 rings (SSSR count). The van der Waals surface area contributed by atoms with Gasteiger partial charge in [0.15, 0.2) is 0 Å². The first-order chi connectivity index (χ1) is 4.67. The molecule has 0 radical (unpaired) electrons. The van der Waals surface area contributed by atoms with Gasteiger partial charge in [-0.25, -0.2) is 0 Å². The van der Waals surface area contributed by atoms with E-state index >= 15 is 0 Å². The standard InChI is InChI=1S/C9H18O/c1-9(2)7-8(9)5-3-4-6-10/h8,10H,3-7H2,1-2H3. The zero-order valence-electron chi connectivity index (χ0n) is 7.06. The predicted molar refractivity (Wildman–Crippen MR) is 42.8 cm³/mol. The smallest absolute Gasteiger partial charge is 0.0431 e. The summed E-state index contributed by atoms with van der Waals surface area (Å²) in [4.78, 5) is 0. The Bertz CT molecular complexity index is 107. The van der Waals surface area contributed by atoms with E-state index in [2.05, 4.69) is 13.8 Å². The summed E-state index contributed by atoms with van der Waals surface area (Å²) >= 11 is 0. The van der Waals surface area contributed by atoms with E-state index in [0.717, 1.165) is 12.3 Å². The molecule has 0 spiro atoms. The predicted octanol–water partition coefficient (Wildman–Crippen LogP) is 2.20. The van der Waals surface area contributed by atoms with E-state index in [1.807, 2.05) is 0 Å². The van der Waals surface area contributed by atoms with Gasteiger partial charge in [-0.3, -0.25) is 0 Å². The van der Waals surface area contributed by atoms with Crippen LogP contribution in [0.4, 0.5) is 0 Å². The average molecular weight is 142 g/mol. The Balaban J connectivity index is 1.97. The van der Waals surface area contributed by atoms with Crippen LogP contribution in [0.1, 0.15) is 39.5 Å². The van der Waals surface area contributed by atoms with E-state index in [1.165, 1.54) is 19.3 Å². The van der Waals surface area contributed by atoms with Gasteiger partial charge < -0.3 is 5.11 Å². The SMILES string of the molecule is CC1(C)CC1CCCCO. The van der Waals surface area contributed by atoms with Crippen molar-refractivity contribution in [1.82, 2.24) is 0 Å². The minimum Gasteiger partial charge on any atom is -0.396 e. The molecule has 0 aromatic rings. The van der Waals surface area contributed by atoms with Crippen LogP contribution >= 0.6 is 0 Å². The second-order valence-electron chi connectivity index (χ2n) is 4.11. The molecule has 0 amide bonds. The lowest BCUT2D eigenvalue weighted by Crippen LogP contribution is -1.91. The molecule has 0 aromatic heterocycles. The second-order valence-corrected chi connectivity index (χ2v) is 4.11. The van der Waals surface area contributed by atoms with Crippen LogP contribution < -0.4 is 0 Å². The van der Waals surface area contributed by atoms with Crippen LogP contribution in [-0.2, 0) is 0 Å². The molecule has 1 nitrogen and oxygen atoms in total. The second kappa shape index (κ2) is 2.91. The van der Waals surface area contributed by atoms with Crippen molar-refractivity contribution in [1.29, 1.82) is 0 Å². The third-order valence-electron chi connectivity index (χ3n) is 2.68. The Hall–Kier alpha value is -0.0400. The summed E-state index contributed by atoms with van der Waals surface area (Å²) in [5.41, 5.74) is 0.634. The fourth-order valence-electron chi connectivity index (χ4n) is 1.57. The van der Waals surface area contributed by atoms with Crippen molar-refractivity contribution in [3.05, 3.63) is 0 Å². The lowest BCUT2D eigenvalue weighted by atomic mass is 10.1. The molecule has 0 heterocycles. The Kier molecular flexibility index (Phi) is 2.35. The number of rotatable bonds is 4. The first-order valence-electron chi connectivity index (χ1n) is 4.27. The molecule has 0 bridgehead atoms. The topological polar surface area (TPSA) is 20.2 Å². The number of aliphatic hydroxyl groups is 1. The Morgan fingerprint density at radius 1 is 1.40 bits per heavy atom. The van der Waals surface area contributed by atoms with Gasteiger partial charge in [0.1, 0.15) is 0 Å². The summed E-state index contributed by atoms with van der Waals surface area (Å²) < 4.78 is 0. The molecule has 0 aromatic carbocycles. The fraction of sp³-hybridized carbons (Fsp3) is 1.00. The van der Waals surface area contributed by atoms with Gasteiger partial charge in [-0.05, 0) is 30.6 Å². The molecule has 1 heteroatoms. The molecule has 60 valence electrons. The number of unbranched alkanes of at least 4 members (excludes halogenated alkanes) is 1. The van der Waals surface area contributed by atoms with E-state index in [9.17, 15) is 0 Å². The summed E-state index contributed by atoms with van der Waals surface area (Å²) in [6.07, 6.45) is 4.93. The quantitative estimate of drug-likeness (QED) is 0.596. The minimum atomic E-state index is 0.368. The van der Waals surface area contributed by atoms with Crippen molar-refractivity contribution in [3.8, 4) is 0 Å². The molecule has 1 unspecified atom stereocenters. The van der Waals surface area contributed by atoms with Gasteiger partial charge >= 0.3 is 0 Å². The Morgan fingerprint density at radius 3 is 2.40 bits per heavy atom. The highest BCUT2D eigenvalue weighted by molar-refractivity contribution is 4.94. The van der Waals surface area contributed by atoms with Gasteiger partial charge in [0, 0.05) is 6.61 Å². The van der Waals surface area contributed by atoms with Gasteiger partial charge in [-0.2, -0.15) is 0 Å². The van der Waals surface area contributed by atoms with Crippen LogP contribution in [0.3, 0.4) is 0 Å². The maximum Gasteiger partial charge on any atom is 0.0431 e. The lowest BCUT2D eigenvalue weighted by Gasteiger charge is -2.00. The highest BCUT2D eigenvalue weighted by Crippen LogP contribution is 2.54. The van der Waals surface area contributed by atoms with Crippen LogP contribution in [0, 0.1) is 11.3 Å². The number of hydrogen-bond acceptors (Lipinski definition) is 1. The third kappa shape index (κ3) is 1.98. The molecule has 1 aliphatic rings. The molecular weight excluding hydrogens is 124 g/mol. The monoisotopic (exact) mass is 142 g/mol. The maximum atomic E-state index is 8.53. The molecule has 1 aliphatic carbocycles. The molecule has 10 heavy (non-hydrogen) atoms. The zero-order valence-corrected chi connectivity index (χ0v) is 7.06. The van der Waals surface area contributed by atoms with Crippen molar-refractivity contribution in [2.75, 3.05) is 6.61 Å². The van der Waals surface area contributed by atoms with Crippen molar-refractivity contribution in [2.24, 2.45) is 11.3 Å². The van der Waals surface area contributed by atoms with Crippen LogP contribution in [0.5, 0.6) is 0 Å².